The van der Waals surface area contributed by atoms with E-state index >= 15 is 0 Å². The Hall–Kier alpha value is -0.650. The Morgan fingerprint density at radius 1 is 1.37 bits per heavy atom. The molecule has 19 heavy (non-hydrogen) atoms. The summed E-state index contributed by atoms with van der Waals surface area (Å²) in [6, 6.07) is 0. The summed E-state index contributed by atoms with van der Waals surface area (Å²) >= 11 is 0. The first-order chi connectivity index (χ1) is 9.16. The quantitative estimate of drug-likeness (QED) is 0.683. The SMILES string of the molecule is CNC(CN1CCC(COC)C1)(C(=O)OC)C1CC1. The third-order valence-electron chi connectivity index (χ3n) is 4.52. The second-order valence-corrected chi connectivity index (χ2v) is 5.83. The van der Waals surface area contributed by atoms with Gasteiger partial charge in [0.05, 0.1) is 13.7 Å². The standard InChI is InChI=1S/C14H26N2O3/c1-15-14(12-4-5-12,13(17)19-3)10-16-7-6-11(8-16)9-18-2/h11-12,15H,4-10H2,1-3H3. The number of nitrogens with one attached hydrogen (secondary N) is 1. The Balaban J connectivity index is 1.99. The molecule has 5 heteroatoms. The molecule has 2 fully saturated rings. The van der Waals surface area contributed by atoms with E-state index in [4.69, 9.17) is 9.47 Å². The number of nitrogens with zero attached hydrogens (tertiary/aromatic N) is 1. The highest BCUT2D eigenvalue weighted by molar-refractivity contribution is 5.82. The summed E-state index contributed by atoms with van der Waals surface area (Å²) < 4.78 is 10.3. The Labute approximate surface area is 115 Å². The fourth-order valence-corrected chi connectivity index (χ4v) is 3.28. The number of likely N-dealkylation sites (N-methyl/N-ethyl adjacent to an activating group) is 1. The molecule has 5 nitrogen and oxygen atoms in total. The van der Waals surface area contributed by atoms with Crippen molar-refractivity contribution < 1.29 is 14.3 Å². The molecule has 0 bridgehead atoms. The fraction of sp³-hybridized carbons (Fsp3) is 0.929. The molecule has 1 saturated heterocycles. The van der Waals surface area contributed by atoms with Crippen LogP contribution in [0.1, 0.15) is 19.3 Å². The molecule has 1 saturated carbocycles. The minimum absolute atomic E-state index is 0.118. The molecule has 2 rings (SSSR count). The van der Waals surface area contributed by atoms with Crippen LogP contribution in [0.4, 0.5) is 0 Å². The lowest BCUT2D eigenvalue weighted by Crippen LogP contribution is -2.59. The van der Waals surface area contributed by atoms with E-state index in [2.05, 4.69) is 10.2 Å². The number of carbonyl (C=O) groups is 1. The highest BCUT2D eigenvalue weighted by Gasteiger charge is 2.52. The largest absolute Gasteiger partial charge is 0.468 e. The third kappa shape index (κ3) is 3.09. The second kappa shape index (κ2) is 6.20. The van der Waals surface area contributed by atoms with Crippen LogP contribution in [-0.2, 0) is 14.3 Å². The van der Waals surface area contributed by atoms with Gasteiger partial charge in [0, 0.05) is 20.2 Å². The summed E-state index contributed by atoms with van der Waals surface area (Å²) in [4.78, 5) is 14.6. The molecule has 0 spiro atoms. The number of rotatable bonds is 7. The molecule has 2 unspecified atom stereocenters. The van der Waals surface area contributed by atoms with Gasteiger partial charge in [0.25, 0.3) is 0 Å². The van der Waals surface area contributed by atoms with E-state index in [-0.39, 0.29) is 5.97 Å². The summed E-state index contributed by atoms with van der Waals surface area (Å²) in [5, 5.41) is 3.25. The van der Waals surface area contributed by atoms with E-state index in [9.17, 15) is 4.79 Å². The van der Waals surface area contributed by atoms with Crippen molar-refractivity contribution in [2.75, 3.05) is 47.5 Å². The van der Waals surface area contributed by atoms with Gasteiger partial charge in [-0.3, -0.25) is 0 Å². The van der Waals surface area contributed by atoms with Crippen molar-refractivity contribution in [1.82, 2.24) is 10.2 Å². The molecular weight excluding hydrogens is 244 g/mol. The number of hydrogen-bond acceptors (Lipinski definition) is 5. The molecule has 0 aromatic heterocycles. The topological polar surface area (TPSA) is 50.8 Å². The molecule has 1 heterocycles. The Bertz CT molecular complexity index is 320. The van der Waals surface area contributed by atoms with E-state index in [1.165, 1.54) is 7.11 Å². The van der Waals surface area contributed by atoms with Crippen LogP contribution in [-0.4, -0.2) is 63.9 Å². The fourth-order valence-electron chi connectivity index (χ4n) is 3.28. The van der Waals surface area contributed by atoms with E-state index in [1.807, 2.05) is 7.05 Å². The molecule has 2 atom stereocenters. The van der Waals surface area contributed by atoms with Crippen LogP contribution in [0.15, 0.2) is 0 Å². The van der Waals surface area contributed by atoms with Crippen LogP contribution in [0.25, 0.3) is 0 Å². The van der Waals surface area contributed by atoms with Gasteiger partial charge in [-0.15, -0.1) is 0 Å². The molecule has 2 aliphatic rings. The predicted molar refractivity (Wildman–Crippen MR) is 73.0 cm³/mol. The van der Waals surface area contributed by atoms with Crippen LogP contribution in [0, 0.1) is 11.8 Å². The maximum absolute atomic E-state index is 12.2. The van der Waals surface area contributed by atoms with Crippen molar-refractivity contribution in [2.45, 2.75) is 24.8 Å². The lowest BCUT2D eigenvalue weighted by Gasteiger charge is -2.34. The average Bonchev–Trinajstić information content (AvgIpc) is 3.18. The average molecular weight is 270 g/mol. The van der Waals surface area contributed by atoms with Crippen molar-refractivity contribution >= 4 is 5.97 Å². The number of hydrogen-bond donors (Lipinski definition) is 1. The summed E-state index contributed by atoms with van der Waals surface area (Å²) in [7, 11) is 5.10. The number of likely N-dealkylation sites (tertiary alicyclic amines) is 1. The van der Waals surface area contributed by atoms with Gasteiger partial charge in [0.2, 0.25) is 0 Å². The van der Waals surface area contributed by atoms with E-state index in [0.717, 1.165) is 45.5 Å². The van der Waals surface area contributed by atoms with Gasteiger partial charge in [-0.25, -0.2) is 4.79 Å². The first-order valence-corrected chi connectivity index (χ1v) is 7.15. The molecule has 1 aliphatic carbocycles. The number of carbonyl (C=O) groups excluding carboxylic acids is 1. The molecule has 1 aliphatic heterocycles. The van der Waals surface area contributed by atoms with Gasteiger partial charge >= 0.3 is 5.97 Å². The van der Waals surface area contributed by atoms with Gasteiger partial charge in [-0.1, -0.05) is 0 Å². The predicted octanol–water partition coefficient (Wildman–Crippen LogP) is 0.496. The Kier molecular flexibility index (Phi) is 4.81. The number of methoxy groups -OCH3 is 2. The molecule has 0 amide bonds. The zero-order valence-corrected chi connectivity index (χ0v) is 12.3. The summed E-state index contributed by atoms with van der Waals surface area (Å²) in [6.45, 7) is 3.62. The first-order valence-electron chi connectivity index (χ1n) is 7.15. The Morgan fingerprint density at radius 2 is 2.11 bits per heavy atom. The molecule has 0 radical (unpaired) electrons. The van der Waals surface area contributed by atoms with Crippen LogP contribution in [0.5, 0.6) is 0 Å². The normalized spacial score (nSPS) is 27.2. The van der Waals surface area contributed by atoms with Gasteiger partial charge in [-0.2, -0.15) is 0 Å². The van der Waals surface area contributed by atoms with Crippen molar-refractivity contribution in [2.24, 2.45) is 11.8 Å². The van der Waals surface area contributed by atoms with Crippen molar-refractivity contribution in [3.8, 4) is 0 Å². The molecule has 0 aromatic carbocycles. The summed E-state index contributed by atoms with van der Waals surface area (Å²) in [6.07, 6.45) is 3.38. The van der Waals surface area contributed by atoms with Crippen molar-refractivity contribution in [3.63, 3.8) is 0 Å². The minimum Gasteiger partial charge on any atom is -0.468 e. The first kappa shape index (κ1) is 14.8. The van der Waals surface area contributed by atoms with Crippen molar-refractivity contribution in [3.05, 3.63) is 0 Å². The highest BCUT2D eigenvalue weighted by Crippen LogP contribution is 2.41. The molecule has 1 N–H and O–H groups in total. The van der Waals surface area contributed by atoms with Crippen LogP contribution >= 0.6 is 0 Å². The molecule has 0 aromatic rings. The minimum atomic E-state index is -0.517. The third-order valence-corrected chi connectivity index (χ3v) is 4.52. The van der Waals surface area contributed by atoms with Crippen molar-refractivity contribution in [1.29, 1.82) is 0 Å². The zero-order chi connectivity index (χ0) is 13.9. The van der Waals surface area contributed by atoms with Gasteiger partial charge in [-0.05, 0) is 44.7 Å². The van der Waals surface area contributed by atoms with E-state index in [1.54, 1.807) is 7.11 Å². The van der Waals surface area contributed by atoms with Crippen LogP contribution in [0.3, 0.4) is 0 Å². The lowest BCUT2D eigenvalue weighted by atomic mass is 9.92. The Morgan fingerprint density at radius 3 is 2.63 bits per heavy atom. The smallest absolute Gasteiger partial charge is 0.327 e. The maximum Gasteiger partial charge on any atom is 0.327 e. The molecular formula is C14H26N2O3. The zero-order valence-electron chi connectivity index (χ0n) is 12.3. The monoisotopic (exact) mass is 270 g/mol. The summed E-state index contributed by atoms with van der Waals surface area (Å²) in [5.74, 6) is 0.899. The van der Waals surface area contributed by atoms with Gasteiger partial charge in [0.15, 0.2) is 0 Å². The number of esters is 1. The molecule has 110 valence electrons. The van der Waals surface area contributed by atoms with Crippen LogP contribution < -0.4 is 5.32 Å². The summed E-state index contributed by atoms with van der Waals surface area (Å²) in [5.41, 5.74) is -0.517. The van der Waals surface area contributed by atoms with Crippen LogP contribution in [0.2, 0.25) is 0 Å². The number of ether oxygens (including phenoxy) is 2. The van der Waals surface area contributed by atoms with E-state index in [0.29, 0.717) is 11.8 Å². The van der Waals surface area contributed by atoms with Gasteiger partial charge in [0.1, 0.15) is 5.54 Å². The second-order valence-electron chi connectivity index (χ2n) is 5.83. The highest BCUT2D eigenvalue weighted by atomic mass is 16.5. The van der Waals surface area contributed by atoms with Gasteiger partial charge < -0.3 is 19.7 Å². The van der Waals surface area contributed by atoms with E-state index < -0.39 is 5.54 Å². The lowest BCUT2D eigenvalue weighted by molar-refractivity contribution is -0.150. The maximum atomic E-state index is 12.2.